The topological polar surface area (TPSA) is 93.5 Å². The van der Waals surface area contributed by atoms with Gasteiger partial charge in [-0.05, 0) is 39.3 Å². The summed E-state index contributed by atoms with van der Waals surface area (Å²) in [6.45, 7) is 7.57. The summed E-state index contributed by atoms with van der Waals surface area (Å²) in [7, 11) is 0. The van der Waals surface area contributed by atoms with E-state index in [1.807, 2.05) is 33.8 Å². The second kappa shape index (κ2) is 4.21. The summed E-state index contributed by atoms with van der Waals surface area (Å²) in [5.74, 6) is 0.490. The molecule has 0 aliphatic carbocycles. The van der Waals surface area contributed by atoms with Crippen LogP contribution in [0.2, 0.25) is 0 Å². The molecule has 0 unspecified atom stereocenters. The molecule has 0 saturated heterocycles. The Morgan fingerprint density at radius 2 is 1.89 bits per heavy atom. The van der Waals surface area contributed by atoms with Crippen LogP contribution in [0, 0.1) is 33.1 Å². The fourth-order valence-electron chi connectivity index (χ4n) is 1.91. The third-order valence-corrected chi connectivity index (χ3v) is 2.92. The standard InChI is InChI=1S/C12H16N6/c1-6-5-7(2)18(17-6)12-10(11(13)14)8(3)9(4)15-16-12/h5H,1-4H3,(H3,13,14). The highest BCUT2D eigenvalue weighted by Crippen LogP contribution is 2.18. The third-order valence-electron chi connectivity index (χ3n) is 2.92. The molecular formula is C12H16N6. The predicted molar refractivity (Wildman–Crippen MR) is 69.1 cm³/mol. The van der Waals surface area contributed by atoms with E-state index in [0.29, 0.717) is 11.4 Å². The minimum atomic E-state index is -0.0203. The van der Waals surface area contributed by atoms with Crippen LogP contribution in [0.4, 0.5) is 0 Å². The van der Waals surface area contributed by atoms with E-state index in [9.17, 15) is 0 Å². The summed E-state index contributed by atoms with van der Waals surface area (Å²) < 4.78 is 1.67. The normalized spacial score (nSPS) is 10.7. The molecule has 0 bridgehead atoms. The van der Waals surface area contributed by atoms with Gasteiger partial charge in [0.05, 0.1) is 17.0 Å². The quantitative estimate of drug-likeness (QED) is 0.612. The summed E-state index contributed by atoms with van der Waals surface area (Å²) in [6.07, 6.45) is 0. The maximum Gasteiger partial charge on any atom is 0.187 e. The number of nitrogens with one attached hydrogen (secondary N) is 1. The Balaban J connectivity index is 2.76. The van der Waals surface area contributed by atoms with E-state index >= 15 is 0 Å². The van der Waals surface area contributed by atoms with Crippen molar-refractivity contribution in [3.63, 3.8) is 0 Å². The van der Waals surface area contributed by atoms with Crippen molar-refractivity contribution in [1.82, 2.24) is 20.0 Å². The molecule has 0 atom stereocenters. The van der Waals surface area contributed by atoms with Gasteiger partial charge >= 0.3 is 0 Å². The molecule has 94 valence electrons. The average molecular weight is 244 g/mol. The molecule has 2 rings (SSSR count). The first-order chi connectivity index (χ1) is 8.41. The van der Waals surface area contributed by atoms with Crippen LogP contribution in [0.3, 0.4) is 0 Å². The van der Waals surface area contributed by atoms with Crippen molar-refractivity contribution >= 4 is 5.84 Å². The van der Waals surface area contributed by atoms with Crippen LogP contribution in [-0.4, -0.2) is 25.8 Å². The minimum absolute atomic E-state index is 0.0203. The first-order valence-electron chi connectivity index (χ1n) is 5.63. The Hall–Kier alpha value is -2.24. The SMILES string of the molecule is Cc1cc(C)n(-c2nnc(C)c(C)c2C(=N)N)n1. The molecule has 6 nitrogen and oxygen atoms in total. The number of hydrogen-bond donors (Lipinski definition) is 2. The van der Waals surface area contributed by atoms with Crippen LogP contribution < -0.4 is 5.73 Å². The maximum atomic E-state index is 7.71. The molecule has 0 aliphatic rings. The summed E-state index contributed by atoms with van der Waals surface area (Å²) in [6, 6.07) is 1.95. The van der Waals surface area contributed by atoms with Crippen LogP contribution in [0.15, 0.2) is 6.07 Å². The van der Waals surface area contributed by atoms with Crippen molar-refractivity contribution in [3.8, 4) is 5.82 Å². The van der Waals surface area contributed by atoms with E-state index in [1.54, 1.807) is 4.68 Å². The van der Waals surface area contributed by atoms with Gasteiger partial charge in [0.25, 0.3) is 0 Å². The van der Waals surface area contributed by atoms with Crippen molar-refractivity contribution in [2.75, 3.05) is 0 Å². The smallest absolute Gasteiger partial charge is 0.187 e. The lowest BCUT2D eigenvalue weighted by atomic mass is 10.1. The zero-order valence-corrected chi connectivity index (χ0v) is 10.9. The number of aryl methyl sites for hydroxylation is 3. The Morgan fingerprint density at radius 1 is 1.22 bits per heavy atom. The zero-order valence-electron chi connectivity index (χ0n) is 10.9. The fraction of sp³-hybridized carbons (Fsp3) is 0.333. The van der Waals surface area contributed by atoms with Gasteiger partial charge < -0.3 is 5.73 Å². The number of aromatic nitrogens is 4. The van der Waals surface area contributed by atoms with Crippen molar-refractivity contribution in [2.45, 2.75) is 27.7 Å². The first kappa shape index (κ1) is 12.2. The molecule has 6 heteroatoms. The van der Waals surface area contributed by atoms with E-state index in [4.69, 9.17) is 11.1 Å². The second-order valence-corrected chi connectivity index (χ2v) is 4.36. The van der Waals surface area contributed by atoms with Crippen molar-refractivity contribution in [3.05, 3.63) is 34.3 Å². The summed E-state index contributed by atoms with van der Waals surface area (Å²) >= 11 is 0. The van der Waals surface area contributed by atoms with Gasteiger partial charge in [0.2, 0.25) is 0 Å². The molecule has 0 amide bonds. The molecule has 0 aromatic carbocycles. The van der Waals surface area contributed by atoms with E-state index in [2.05, 4.69) is 15.3 Å². The largest absolute Gasteiger partial charge is 0.384 e. The van der Waals surface area contributed by atoms with Crippen LogP contribution >= 0.6 is 0 Å². The van der Waals surface area contributed by atoms with Gasteiger partial charge in [-0.25, -0.2) is 4.68 Å². The lowest BCUT2D eigenvalue weighted by molar-refractivity contribution is 0.769. The highest BCUT2D eigenvalue weighted by Gasteiger charge is 2.17. The lowest BCUT2D eigenvalue weighted by Crippen LogP contribution is -2.20. The Morgan fingerprint density at radius 3 is 2.39 bits per heavy atom. The highest BCUT2D eigenvalue weighted by molar-refractivity contribution is 5.99. The Bertz CT molecular complexity index is 626. The van der Waals surface area contributed by atoms with Crippen LogP contribution in [0.5, 0.6) is 0 Å². The molecule has 0 fully saturated rings. The Kier molecular flexibility index (Phi) is 2.86. The number of hydrogen-bond acceptors (Lipinski definition) is 4. The molecular weight excluding hydrogens is 228 g/mol. The molecule has 2 heterocycles. The van der Waals surface area contributed by atoms with Crippen LogP contribution in [0.25, 0.3) is 5.82 Å². The summed E-state index contributed by atoms with van der Waals surface area (Å²) in [5.41, 5.74) is 9.70. The number of nitrogens with zero attached hydrogens (tertiary/aromatic N) is 4. The van der Waals surface area contributed by atoms with E-state index in [-0.39, 0.29) is 5.84 Å². The van der Waals surface area contributed by atoms with Gasteiger partial charge in [-0.3, -0.25) is 5.41 Å². The van der Waals surface area contributed by atoms with Crippen molar-refractivity contribution in [2.24, 2.45) is 5.73 Å². The van der Waals surface area contributed by atoms with Crippen LogP contribution in [0.1, 0.15) is 28.2 Å². The van der Waals surface area contributed by atoms with Gasteiger partial charge in [0.1, 0.15) is 5.84 Å². The van der Waals surface area contributed by atoms with E-state index in [1.165, 1.54) is 0 Å². The van der Waals surface area contributed by atoms with E-state index in [0.717, 1.165) is 22.6 Å². The number of rotatable bonds is 2. The summed E-state index contributed by atoms with van der Waals surface area (Å²) in [5, 5.41) is 20.3. The maximum absolute atomic E-state index is 7.71. The van der Waals surface area contributed by atoms with Crippen LogP contribution in [-0.2, 0) is 0 Å². The predicted octanol–water partition coefficient (Wildman–Crippen LogP) is 1.18. The fourth-order valence-corrected chi connectivity index (χ4v) is 1.91. The molecule has 2 aromatic heterocycles. The number of nitrogens with two attached hydrogens (primary N) is 1. The van der Waals surface area contributed by atoms with E-state index < -0.39 is 0 Å². The first-order valence-corrected chi connectivity index (χ1v) is 5.63. The minimum Gasteiger partial charge on any atom is -0.384 e. The number of amidine groups is 1. The summed E-state index contributed by atoms with van der Waals surface area (Å²) in [4.78, 5) is 0. The molecule has 0 radical (unpaired) electrons. The van der Waals surface area contributed by atoms with Gasteiger partial charge in [0, 0.05) is 5.69 Å². The Labute approximate surface area is 105 Å². The molecule has 2 aromatic rings. The zero-order chi connectivity index (χ0) is 13.4. The molecule has 18 heavy (non-hydrogen) atoms. The van der Waals surface area contributed by atoms with Crippen molar-refractivity contribution in [1.29, 1.82) is 5.41 Å². The van der Waals surface area contributed by atoms with Gasteiger partial charge in [0.15, 0.2) is 5.82 Å². The third kappa shape index (κ3) is 1.85. The second-order valence-electron chi connectivity index (χ2n) is 4.36. The van der Waals surface area contributed by atoms with Gasteiger partial charge in [-0.1, -0.05) is 0 Å². The highest BCUT2D eigenvalue weighted by atomic mass is 15.3. The monoisotopic (exact) mass is 244 g/mol. The lowest BCUT2D eigenvalue weighted by Gasteiger charge is -2.12. The molecule has 3 N–H and O–H groups in total. The molecule has 0 spiro atoms. The molecule has 0 aliphatic heterocycles. The number of nitrogen functional groups attached to an aromatic ring is 1. The average Bonchev–Trinajstić information content (AvgIpc) is 2.61. The van der Waals surface area contributed by atoms with Crippen molar-refractivity contribution < 1.29 is 0 Å². The van der Waals surface area contributed by atoms with Gasteiger partial charge in [-0.2, -0.15) is 10.2 Å². The molecule has 0 saturated carbocycles. The van der Waals surface area contributed by atoms with Gasteiger partial charge in [-0.15, -0.1) is 5.10 Å².